The van der Waals surface area contributed by atoms with Crippen LogP contribution in [-0.4, -0.2) is 13.0 Å². The lowest BCUT2D eigenvalue weighted by atomic mass is 9.92. The first kappa shape index (κ1) is 13.8. The number of methoxy groups -OCH3 is 1. The first-order valence-corrected chi connectivity index (χ1v) is 7.27. The van der Waals surface area contributed by atoms with Gasteiger partial charge >= 0.3 is 0 Å². The molecule has 114 valence electrons. The second kappa shape index (κ2) is 4.56. The van der Waals surface area contributed by atoms with Crippen LogP contribution in [0.15, 0.2) is 36.4 Å². The fourth-order valence-electron chi connectivity index (χ4n) is 3.53. The second-order valence-electron chi connectivity index (χ2n) is 5.92. The normalized spacial score (nSPS) is 24.0. The number of nitrogens with zero attached hydrogens (tertiary/aromatic N) is 1. The molecule has 0 unspecified atom stereocenters. The van der Waals surface area contributed by atoms with Crippen LogP contribution in [0.1, 0.15) is 23.5 Å². The SMILES string of the molecule is [C-]#[N+]c1ccc([C@H]2C[C@@]23C(=O)Nc2ccc(OC)cc23)cc1F. The number of carbonyl (C=O) groups excluding carboxylic acids is 1. The van der Waals surface area contributed by atoms with Crippen molar-refractivity contribution in [3.05, 3.63) is 64.8 Å². The minimum Gasteiger partial charge on any atom is -0.497 e. The van der Waals surface area contributed by atoms with Gasteiger partial charge in [0.2, 0.25) is 11.6 Å². The van der Waals surface area contributed by atoms with Crippen LogP contribution >= 0.6 is 0 Å². The van der Waals surface area contributed by atoms with Crippen LogP contribution in [-0.2, 0) is 10.2 Å². The Kier molecular flexibility index (Phi) is 2.73. The highest BCUT2D eigenvalue weighted by Crippen LogP contribution is 2.65. The van der Waals surface area contributed by atoms with Gasteiger partial charge in [-0.1, -0.05) is 12.1 Å². The molecular weight excluding hydrogens is 295 g/mol. The summed E-state index contributed by atoms with van der Waals surface area (Å²) in [6.45, 7) is 6.92. The van der Waals surface area contributed by atoms with Gasteiger partial charge in [-0.2, -0.15) is 0 Å². The molecule has 4 nitrogen and oxygen atoms in total. The standard InChI is InChI=1S/C18H13FN2O2/c1-20-16-5-3-10(7-14(16)19)13-9-18(13)12-8-11(23-2)4-6-15(12)21-17(18)22/h3-8,13H,9H2,2H3,(H,21,22)/t13-,18+/m1/s1. The summed E-state index contributed by atoms with van der Waals surface area (Å²) in [5, 5.41) is 2.90. The maximum Gasteiger partial charge on any atom is 0.235 e. The topological polar surface area (TPSA) is 42.7 Å². The summed E-state index contributed by atoms with van der Waals surface area (Å²) in [6.07, 6.45) is 0.635. The number of halogens is 1. The number of rotatable bonds is 2. The van der Waals surface area contributed by atoms with Gasteiger partial charge in [0.1, 0.15) is 11.6 Å². The molecule has 1 heterocycles. The number of fused-ring (bicyclic) bond motifs is 2. The Morgan fingerprint density at radius 3 is 2.87 bits per heavy atom. The number of carbonyl (C=O) groups is 1. The van der Waals surface area contributed by atoms with Crippen molar-refractivity contribution in [1.82, 2.24) is 0 Å². The number of amides is 1. The summed E-state index contributed by atoms with van der Waals surface area (Å²) < 4.78 is 19.1. The first-order chi connectivity index (χ1) is 11.1. The smallest absolute Gasteiger partial charge is 0.235 e. The van der Waals surface area contributed by atoms with Crippen LogP contribution < -0.4 is 10.1 Å². The second-order valence-corrected chi connectivity index (χ2v) is 5.92. The van der Waals surface area contributed by atoms with E-state index in [-0.39, 0.29) is 17.5 Å². The Hall–Kier alpha value is -2.87. The van der Waals surface area contributed by atoms with Crippen LogP contribution in [0.25, 0.3) is 4.85 Å². The first-order valence-electron chi connectivity index (χ1n) is 7.27. The van der Waals surface area contributed by atoms with Gasteiger partial charge in [0.25, 0.3) is 0 Å². The molecule has 1 saturated carbocycles. The summed E-state index contributed by atoms with van der Waals surface area (Å²) in [5.41, 5.74) is 1.80. The molecule has 0 saturated heterocycles. The third kappa shape index (κ3) is 1.78. The Morgan fingerprint density at radius 1 is 1.35 bits per heavy atom. The maximum absolute atomic E-state index is 13.9. The van der Waals surface area contributed by atoms with Crippen molar-refractivity contribution in [2.75, 3.05) is 12.4 Å². The van der Waals surface area contributed by atoms with Crippen LogP contribution in [0.5, 0.6) is 5.75 Å². The van der Waals surface area contributed by atoms with Gasteiger partial charge in [0, 0.05) is 11.6 Å². The van der Waals surface area contributed by atoms with Gasteiger partial charge in [-0.25, -0.2) is 9.24 Å². The highest BCUT2D eigenvalue weighted by molar-refractivity contribution is 6.09. The van der Waals surface area contributed by atoms with Gasteiger partial charge in [-0.15, -0.1) is 0 Å². The summed E-state index contributed by atoms with van der Waals surface area (Å²) in [6, 6.07) is 10.1. The molecule has 5 heteroatoms. The summed E-state index contributed by atoms with van der Waals surface area (Å²) >= 11 is 0. The quantitative estimate of drug-likeness (QED) is 0.858. The molecule has 4 rings (SSSR count). The maximum atomic E-state index is 13.9. The van der Waals surface area contributed by atoms with E-state index >= 15 is 0 Å². The predicted molar refractivity (Wildman–Crippen MR) is 83.3 cm³/mol. The molecule has 2 atom stereocenters. The van der Waals surface area contributed by atoms with Crippen molar-refractivity contribution >= 4 is 17.3 Å². The Balaban J connectivity index is 1.77. The molecule has 1 spiro atoms. The molecule has 0 bridgehead atoms. The van der Waals surface area contributed by atoms with Gasteiger partial charge in [-0.05, 0) is 41.8 Å². The Labute approximate surface area is 132 Å². The van der Waals surface area contributed by atoms with Crippen LogP contribution in [0, 0.1) is 12.4 Å². The fraction of sp³-hybridized carbons (Fsp3) is 0.222. The molecule has 1 N–H and O–H groups in total. The minimum absolute atomic E-state index is 0.00129. The van der Waals surface area contributed by atoms with E-state index < -0.39 is 11.2 Å². The zero-order chi connectivity index (χ0) is 16.2. The zero-order valence-corrected chi connectivity index (χ0v) is 12.4. The fourth-order valence-corrected chi connectivity index (χ4v) is 3.53. The van der Waals surface area contributed by atoms with E-state index in [9.17, 15) is 9.18 Å². The molecule has 1 fully saturated rings. The number of hydrogen-bond acceptors (Lipinski definition) is 2. The van der Waals surface area contributed by atoms with Crippen molar-refractivity contribution in [1.29, 1.82) is 0 Å². The van der Waals surface area contributed by atoms with Crippen LogP contribution in [0.4, 0.5) is 15.8 Å². The summed E-state index contributed by atoms with van der Waals surface area (Å²) in [4.78, 5) is 15.6. The predicted octanol–water partition coefficient (Wildman–Crippen LogP) is 3.76. The number of hydrogen-bond donors (Lipinski definition) is 1. The molecule has 2 aromatic rings. The van der Waals surface area contributed by atoms with E-state index in [1.807, 2.05) is 12.1 Å². The Bertz CT molecular complexity index is 887. The lowest BCUT2D eigenvalue weighted by Gasteiger charge is -2.10. The molecule has 1 amide bonds. The lowest BCUT2D eigenvalue weighted by molar-refractivity contribution is -0.118. The average molecular weight is 308 g/mol. The molecular formula is C18H13FN2O2. The molecule has 0 aromatic heterocycles. The molecule has 1 aliphatic carbocycles. The van der Waals surface area contributed by atoms with E-state index in [0.717, 1.165) is 16.8 Å². The van der Waals surface area contributed by atoms with Gasteiger partial charge < -0.3 is 10.1 Å². The average Bonchev–Trinajstić information content (AvgIpc) is 3.25. The molecule has 23 heavy (non-hydrogen) atoms. The van der Waals surface area contributed by atoms with Crippen molar-refractivity contribution in [2.24, 2.45) is 0 Å². The van der Waals surface area contributed by atoms with Crippen LogP contribution in [0.3, 0.4) is 0 Å². The number of ether oxygens (including phenoxy) is 1. The third-order valence-corrected chi connectivity index (χ3v) is 4.82. The summed E-state index contributed by atoms with van der Waals surface area (Å²) in [7, 11) is 1.58. The van der Waals surface area contributed by atoms with E-state index in [0.29, 0.717) is 12.2 Å². The number of nitrogens with one attached hydrogen (secondary N) is 1. The van der Waals surface area contributed by atoms with Gasteiger partial charge in [0.05, 0.1) is 19.1 Å². The molecule has 0 radical (unpaired) electrons. The van der Waals surface area contributed by atoms with Crippen molar-refractivity contribution < 1.29 is 13.9 Å². The largest absolute Gasteiger partial charge is 0.497 e. The van der Waals surface area contributed by atoms with E-state index in [1.165, 1.54) is 12.1 Å². The molecule has 2 aliphatic rings. The van der Waals surface area contributed by atoms with E-state index in [1.54, 1.807) is 19.2 Å². The van der Waals surface area contributed by atoms with Crippen LogP contribution in [0.2, 0.25) is 0 Å². The van der Waals surface area contributed by atoms with Crippen molar-refractivity contribution in [2.45, 2.75) is 17.8 Å². The van der Waals surface area contributed by atoms with E-state index in [4.69, 9.17) is 11.3 Å². The lowest BCUT2D eigenvalue weighted by Crippen LogP contribution is -2.21. The number of benzene rings is 2. The number of anilines is 1. The van der Waals surface area contributed by atoms with Gasteiger partial charge in [0.15, 0.2) is 0 Å². The minimum atomic E-state index is -0.643. The van der Waals surface area contributed by atoms with Crippen molar-refractivity contribution in [3.8, 4) is 5.75 Å². The van der Waals surface area contributed by atoms with Crippen molar-refractivity contribution in [3.63, 3.8) is 0 Å². The molecule has 1 aliphatic heterocycles. The zero-order valence-electron chi connectivity index (χ0n) is 12.4. The van der Waals surface area contributed by atoms with E-state index in [2.05, 4.69) is 10.2 Å². The Morgan fingerprint density at radius 2 is 2.17 bits per heavy atom. The highest BCUT2D eigenvalue weighted by atomic mass is 19.1. The highest BCUT2D eigenvalue weighted by Gasteiger charge is 2.65. The third-order valence-electron chi connectivity index (χ3n) is 4.82. The molecule has 2 aromatic carbocycles. The monoisotopic (exact) mass is 308 g/mol. The summed E-state index contributed by atoms with van der Waals surface area (Å²) in [5.74, 6) is 0.0224. The van der Waals surface area contributed by atoms with Gasteiger partial charge in [-0.3, -0.25) is 4.79 Å².